The first-order valence-electron chi connectivity index (χ1n) is 27.3. The van der Waals surface area contributed by atoms with Gasteiger partial charge in [-0.15, -0.1) is 0 Å². The van der Waals surface area contributed by atoms with Crippen LogP contribution < -0.4 is 29.5 Å². The van der Waals surface area contributed by atoms with E-state index in [4.69, 9.17) is 9.47 Å². The number of benzene rings is 7. The molecule has 13 nitrogen and oxygen atoms in total. The standard InChI is InChI=1S/C65H53F4N7O6/c1-81-40-18-16-39(17-19-40)65(37-11-5-2-6-12-37,38-13-7-3-8-14-38)70-29-10-4-9-15-58(77)74-30-26-41-44-33-52(71-49(44)20-23-55(41)74)62(78)75-31-27-42-45-34-53(72-50(45)21-24-56(42)75)63(79)76-32-28-43-46-35-54(73-51(46)22-25-57(43)76)64(80)82-61-59(68)47(66)36-48(67)60(61)69/h2-3,5-8,11-14,16-25,33-36,70-73H,4,9-10,15,26-32H2,1H3. The van der Waals surface area contributed by atoms with Crippen molar-refractivity contribution in [2.24, 2.45) is 0 Å². The third kappa shape index (κ3) is 8.83. The number of amides is 3. The quantitative estimate of drug-likeness (QED) is 0.0199. The fraction of sp³-hybridized carbons (Fsp3) is 0.200. The number of aromatic amines is 3. The van der Waals surface area contributed by atoms with Gasteiger partial charge in [-0.25, -0.2) is 13.6 Å². The van der Waals surface area contributed by atoms with Crippen molar-refractivity contribution in [3.8, 4) is 11.5 Å². The van der Waals surface area contributed by atoms with Crippen molar-refractivity contribution < 1.29 is 46.2 Å². The lowest BCUT2D eigenvalue weighted by atomic mass is 9.77. The molecule has 10 aromatic rings. The molecule has 3 aliphatic heterocycles. The van der Waals surface area contributed by atoms with Crippen molar-refractivity contribution in [3.05, 3.63) is 219 Å². The Bertz CT molecular complexity index is 4130. The van der Waals surface area contributed by atoms with Crippen LogP contribution in [0.3, 0.4) is 0 Å². The highest BCUT2D eigenvalue weighted by Gasteiger charge is 2.37. The highest BCUT2D eigenvalue weighted by Crippen LogP contribution is 2.42. The van der Waals surface area contributed by atoms with Gasteiger partial charge in [0, 0.05) is 81.9 Å². The second-order valence-corrected chi connectivity index (χ2v) is 21.0. The Morgan fingerprint density at radius 3 is 1.48 bits per heavy atom. The second kappa shape index (κ2) is 20.9. The molecule has 17 heteroatoms. The van der Waals surface area contributed by atoms with Gasteiger partial charge >= 0.3 is 5.97 Å². The van der Waals surface area contributed by atoms with Gasteiger partial charge in [-0.1, -0.05) is 79.2 Å². The Kier molecular flexibility index (Phi) is 13.2. The lowest BCUT2D eigenvalue weighted by Crippen LogP contribution is -2.45. The average molecular weight is 1100 g/mol. The third-order valence-corrected chi connectivity index (χ3v) is 16.4. The normalized spacial score (nSPS) is 13.8. The number of rotatable bonds is 15. The number of methoxy groups -OCH3 is 1. The lowest BCUT2D eigenvalue weighted by Gasteiger charge is -2.37. The molecule has 3 amide bonds. The van der Waals surface area contributed by atoms with Gasteiger partial charge in [0.2, 0.25) is 23.3 Å². The molecule has 0 unspecified atom stereocenters. The summed E-state index contributed by atoms with van der Waals surface area (Å²) in [6.45, 7) is 2.04. The van der Waals surface area contributed by atoms with Crippen LogP contribution in [0, 0.1) is 23.3 Å². The average Bonchev–Trinajstić information content (AvgIpc) is 3.94. The second-order valence-electron chi connectivity index (χ2n) is 21.0. The van der Waals surface area contributed by atoms with E-state index < -0.39 is 40.5 Å². The first-order chi connectivity index (χ1) is 39.9. The minimum atomic E-state index is -1.84. The number of nitrogens with zero attached hydrogens (tertiary/aromatic N) is 3. The molecule has 6 heterocycles. The zero-order valence-corrected chi connectivity index (χ0v) is 44.4. The Morgan fingerprint density at radius 2 is 0.976 bits per heavy atom. The smallest absolute Gasteiger partial charge is 0.360 e. The molecule has 0 fully saturated rings. The van der Waals surface area contributed by atoms with Gasteiger partial charge in [0.1, 0.15) is 22.8 Å². The number of unbranched alkanes of at least 4 members (excludes halogenated alkanes) is 2. The molecule has 82 heavy (non-hydrogen) atoms. The number of H-pyrrole nitrogens is 3. The Morgan fingerprint density at radius 1 is 0.524 bits per heavy atom. The van der Waals surface area contributed by atoms with E-state index in [-0.39, 0.29) is 29.5 Å². The van der Waals surface area contributed by atoms with Crippen LogP contribution in [0.5, 0.6) is 11.5 Å². The largest absolute Gasteiger partial charge is 0.497 e. The molecule has 0 spiro atoms. The van der Waals surface area contributed by atoms with Gasteiger partial charge in [-0.05, 0) is 139 Å². The Labute approximate surface area is 467 Å². The third-order valence-electron chi connectivity index (χ3n) is 16.4. The van der Waals surface area contributed by atoms with E-state index in [9.17, 15) is 36.7 Å². The molecule has 3 aromatic heterocycles. The molecule has 0 saturated heterocycles. The molecule has 13 rings (SSSR count). The van der Waals surface area contributed by atoms with E-state index in [0.717, 1.165) is 98.1 Å². The maximum atomic E-state index is 14.4. The molecule has 0 saturated carbocycles. The number of fused-ring (bicyclic) bond motifs is 9. The molecule has 0 atom stereocenters. The van der Waals surface area contributed by atoms with Gasteiger partial charge in [0.25, 0.3) is 11.8 Å². The summed E-state index contributed by atoms with van der Waals surface area (Å²) in [6.07, 6.45) is 4.56. The summed E-state index contributed by atoms with van der Waals surface area (Å²) < 4.78 is 66.5. The topological polar surface area (TPSA) is 156 Å². The van der Waals surface area contributed by atoms with Crippen molar-refractivity contribution in [2.45, 2.75) is 50.5 Å². The fourth-order valence-corrected chi connectivity index (χ4v) is 12.4. The highest BCUT2D eigenvalue weighted by molar-refractivity contribution is 6.14. The summed E-state index contributed by atoms with van der Waals surface area (Å²) >= 11 is 0. The van der Waals surface area contributed by atoms with E-state index >= 15 is 0 Å². The zero-order valence-electron chi connectivity index (χ0n) is 44.4. The van der Waals surface area contributed by atoms with Crippen LogP contribution in [0.2, 0.25) is 0 Å². The molecule has 0 aliphatic carbocycles. The monoisotopic (exact) mass is 1100 g/mol. The molecule has 0 radical (unpaired) electrons. The number of nitrogens with one attached hydrogen (secondary N) is 4. The fourth-order valence-electron chi connectivity index (χ4n) is 12.4. The van der Waals surface area contributed by atoms with Crippen LogP contribution in [-0.2, 0) is 29.6 Å². The molecule has 0 bridgehead atoms. The number of anilines is 3. The zero-order chi connectivity index (χ0) is 56.4. The molecule has 3 aliphatic rings. The van der Waals surface area contributed by atoms with E-state index in [1.54, 1.807) is 29.0 Å². The number of esters is 1. The lowest BCUT2D eigenvalue weighted by molar-refractivity contribution is -0.118. The van der Waals surface area contributed by atoms with Crippen LogP contribution in [-0.4, -0.2) is 71.9 Å². The SMILES string of the molecule is COc1ccc(C(NCCCCCC(=O)N2CCc3c2ccc2[nH]c(C(=O)N4CCc5c4ccc4[nH]c(C(=O)N6CCc7c6ccc6[nH]c(C(=O)Oc8c(F)c(F)cc(F)c8F)cc76)cc54)cc32)(c2ccccc2)c2ccccc2)cc1. The van der Waals surface area contributed by atoms with Crippen LogP contribution in [0.4, 0.5) is 34.6 Å². The number of carbonyl (C=O) groups excluding carboxylic acids is 4. The summed E-state index contributed by atoms with van der Waals surface area (Å²) in [5.41, 5.74) is 10.3. The minimum absolute atomic E-state index is 0.0203. The number of hydrogen-bond acceptors (Lipinski definition) is 7. The van der Waals surface area contributed by atoms with E-state index in [1.807, 2.05) is 65.6 Å². The molecule has 4 N–H and O–H groups in total. The maximum absolute atomic E-state index is 14.4. The van der Waals surface area contributed by atoms with E-state index in [1.165, 1.54) is 6.07 Å². The number of halogens is 4. The number of carbonyl (C=O) groups is 4. The van der Waals surface area contributed by atoms with Crippen LogP contribution in [0.1, 0.15) is 90.5 Å². The van der Waals surface area contributed by atoms with Crippen LogP contribution in [0.25, 0.3) is 32.7 Å². The first-order valence-corrected chi connectivity index (χ1v) is 27.3. The number of aromatic nitrogens is 3. The van der Waals surface area contributed by atoms with Crippen molar-refractivity contribution in [1.82, 2.24) is 20.3 Å². The first kappa shape index (κ1) is 51.9. The number of ether oxygens (including phenoxy) is 2. The summed E-state index contributed by atoms with van der Waals surface area (Å²) in [4.78, 5) is 70.3. The van der Waals surface area contributed by atoms with Gasteiger partial charge in [0.15, 0.2) is 11.6 Å². The summed E-state index contributed by atoms with van der Waals surface area (Å²) in [5.74, 6) is -9.49. The molecular weight excluding hydrogens is 1050 g/mol. The van der Waals surface area contributed by atoms with Crippen molar-refractivity contribution in [3.63, 3.8) is 0 Å². The maximum Gasteiger partial charge on any atom is 0.360 e. The van der Waals surface area contributed by atoms with Crippen LogP contribution in [0.15, 0.2) is 146 Å². The van der Waals surface area contributed by atoms with Gasteiger partial charge in [0.05, 0.1) is 12.6 Å². The van der Waals surface area contributed by atoms with Crippen molar-refractivity contribution in [1.29, 1.82) is 0 Å². The van der Waals surface area contributed by atoms with Crippen molar-refractivity contribution >= 4 is 73.5 Å². The molecular formula is C65H53F4N7O6. The van der Waals surface area contributed by atoms with Crippen molar-refractivity contribution in [2.75, 3.05) is 48.0 Å². The summed E-state index contributed by atoms with van der Waals surface area (Å²) in [6, 6.07) is 45.4. The van der Waals surface area contributed by atoms with Crippen LogP contribution >= 0.6 is 0 Å². The van der Waals surface area contributed by atoms with Gasteiger partial charge in [-0.2, -0.15) is 8.78 Å². The summed E-state index contributed by atoms with van der Waals surface area (Å²) in [7, 11) is 1.67. The highest BCUT2D eigenvalue weighted by atomic mass is 19.2. The van der Waals surface area contributed by atoms with E-state index in [2.05, 4.69) is 80.9 Å². The summed E-state index contributed by atoms with van der Waals surface area (Å²) in [5, 5.41) is 6.24. The Balaban J connectivity index is 0.658. The molecule has 412 valence electrons. The minimum Gasteiger partial charge on any atom is -0.497 e. The number of hydrogen-bond donors (Lipinski definition) is 4. The molecule has 7 aromatic carbocycles. The predicted octanol–water partition coefficient (Wildman–Crippen LogP) is 12.4. The Hall–Kier alpha value is -9.48. The predicted molar refractivity (Wildman–Crippen MR) is 305 cm³/mol. The van der Waals surface area contributed by atoms with Gasteiger partial charge < -0.3 is 39.1 Å². The van der Waals surface area contributed by atoms with E-state index in [0.29, 0.717) is 73.3 Å². The van der Waals surface area contributed by atoms with Gasteiger partial charge in [-0.3, -0.25) is 19.7 Å².